The van der Waals surface area contributed by atoms with Crippen LogP contribution in [0.1, 0.15) is 23.6 Å². The zero-order valence-electron chi connectivity index (χ0n) is 19.9. The molecule has 1 atom stereocenters. The summed E-state index contributed by atoms with van der Waals surface area (Å²) in [6.45, 7) is -0.272. The Bertz CT molecular complexity index is 1650. The fraction of sp³-hybridized carbons (Fsp3) is 0.143. The average Bonchev–Trinajstić information content (AvgIpc) is 3.56. The minimum Gasteiger partial charge on any atom is -0.497 e. The highest BCUT2D eigenvalue weighted by Crippen LogP contribution is 2.34. The Morgan fingerprint density at radius 2 is 1.81 bits per heavy atom. The smallest absolute Gasteiger partial charge is 0.283 e. The second-order valence-corrected chi connectivity index (χ2v) is 9.15. The molecule has 6 rings (SSSR count). The minimum absolute atomic E-state index is 0.272. The van der Waals surface area contributed by atoms with Crippen LogP contribution in [0.15, 0.2) is 90.0 Å². The maximum absolute atomic E-state index is 13.4. The normalized spacial score (nSPS) is 15.2. The number of carbonyl (C=O) groups is 1. The van der Waals surface area contributed by atoms with Crippen LogP contribution in [0.5, 0.6) is 5.75 Å². The number of hydrogen-bond acceptors (Lipinski definition) is 6. The molecular weight excluding hydrogens is 490 g/mol. The molecule has 0 fully saturated rings. The number of hydrazone groups is 1. The van der Waals surface area contributed by atoms with Gasteiger partial charge >= 0.3 is 0 Å². The topological polar surface area (TPSA) is 81.8 Å². The molecule has 0 saturated heterocycles. The third-order valence-corrected chi connectivity index (χ3v) is 6.67. The van der Waals surface area contributed by atoms with Crippen LogP contribution in [0.3, 0.4) is 0 Å². The van der Waals surface area contributed by atoms with Gasteiger partial charge in [-0.2, -0.15) is 5.10 Å². The predicted octanol–water partition coefficient (Wildman–Crippen LogP) is 5.05. The van der Waals surface area contributed by atoms with Crippen LogP contribution in [0.25, 0.3) is 21.8 Å². The highest BCUT2D eigenvalue weighted by molar-refractivity contribution is 6.31. The molecule has 0 N–H and O–H groups in total. The summed E-state index contributed by atoms with van der Waals surface area (Å²) in [6.07, 6.45) is 0.568. The van der Waals surface area contributed by atoms with Gasteiger partial charge in [0.05, 0.1) is 18.9 Å². The third-order valence-electron chi connectivity index (χ3n) is 6.44. The number of fused-ring (bicyclic) bond motifs is 2. The average molecular weight is 512 g/mol. The summed E-state index contributed by atoms with van der Waals surface area (Å²) in [4.78, 5) is 20.3. The molecule has 1 aliphatic heterocycles. The first-order valence-electron chi connectivity index (χ1n) is 11.8. The van der Waals surface area contributed by atoms with E-state index >= 15 is 0 Å². The number of amides is 1. The summed E-state index contributed by atoms with van der Waals surface area (Å²) < 4.78 is 5.31. The van der Waals surface area contributed by atoms with Crippen molar-refractivity contribution in [2.24, 2.45) is 5.10 Å². The molecule has 0 radical (unpaired) electrons. The number of nitrogens with zero attached hydrogens (tertiary/aromatic N) is 5. The number of halogens is 1. The zero-order valence-corrected chi connectivity index (χ0v) is 20.7. The van der Waals surface area contributed by atoms with E-state index in [9.17, 15) is 4.79 Å². The molecule has 0 bridgehead atoms. The van der Waals surface area contributed by atoms with E-state index < -0.39 is 0 Å². The Hall–Kier alpha value is -4.43. The number of hydrogen-bond donors (Lipinski definition) is 0. The van der Waals surface area contributed by atoms with Crippen LogP contribution >= 0.6 is 11.6 Å². The Labute approximate surface area is 217 Å². The van der Waals surface area contributed by atoms with Crippen LogP contribution in [0.4, 0.5) is 0 Å². The summed E-state index contributed by atoms with van der Waals surface area (Å²) in [6, 6.07) is 26.9. The van der Waals surface area contributed by atoms with Gasteiger partial charge in [-0.15, -0.1) is 5.10 Å². The van der Waals surface area contributed by atoms with Crippen LogP contribution in [-0.4, -0.2) is 45.5 Å². The molecule has 1 aliphatic rings. The molecule has 0 saturated carbocycles. The molecule has 0 aliphatic carbocycles. The van der Waals surface area contributed by atoms with E-state index in [0.717, 1.165) is 33.4 Å². The number of carbonyl (C=O) groups excluding carboxylic acids is 1. The maximum Gasteiger partial charge on any atom is 0.283 e. The van der Waals surface area contributed by atoms with E-state index in [4.69, 9.17) is 26.3 Å². The summed E-state index contributed by atoms with van der Waals surface area (Å²) in [7, 11) is 1.62. The number of rotatable bonds is 6. The summed E-state index contributed by atoms with van der Waals surface area (Å²) >= 11 is 6.11. The van der Waals surface area contributed by atoms with Crippen molar-refractivity contribution in [1.29, 1.82) is 0 Å². The zero-order chi connectivity index (χ0) is 25.4. The van der Waals surface area contributed by atoms with Crippen molar-refractivity contribution in [1.82, 2.24) is 20.2 Å². The van der Waals surface area contributed by atoms with Gasteiger partial charge in [-0.05, 0) is 63.5 Å². The highest BCUT2D eigenvalue weighted by Gasteiger charge is 2.33. The SMILES string of the molecule is COc1ccc(C2CC(c3ccc4ccccc4c3)=NN2C(=O)COn2nnc3ccc(Cl)cc32)cc1. The van der Waals surface area contributed by atoms with Gasteiger partial charge in [0.15, 0.2) is 6.61 Å². The second-order valence-electron chi connectivity index (χ2n) is 8.71. The van der Waals surface area contributed by atoms with Crippen LogP contribution in [0, 0.1) is 0 Å². The Balaban J connectivity index is 1.30. The van der Waals surface area contributed by atoms with Crippen LogP contribution < -0.4 is 9.57 Å². The van der Waals surface area contributed by atoms with Gasteiger partial charge in [0.1, 0.15) is 16.8 Å². The Morgan fingerprint density at radius 1 is 1.00 bits per heavy atom. The highest BCUT2D eigenvalue weighted by atomic mass is 35.5. The van der Waals surface area contributed by atoms with Gasteiger partial charge in [0, 0.05) is 11.4 Å². The molecule has 37 heavy (non-hydrogen) atoms. The van der Waals surface area contributed by atoms with E-state index in [1.807, 2.05) is 42.5 Å². The van der Waals surface area contributed by atoms with Gasteiger partial charge in [-0.3, -0.25) is 4.79 Å². The summed E-state index contributed by atoms with van der Waals surface area (Å²) in [5.74, 6) is 0.442. The molecule has 4 aromatic carbocycles. The van der Waals surface area contributed by atoms with E-state index in [0.29, 0.717) is 22.5 Å². The van der Waals surface area contributed by atoms with Crippen molar-refractivity contribution in [3.8, 4) is 5.75 Å². The lowest BCUT2D eigenvalue weighted by atomic mass is 9.97. The first kappa shape index (κ1) is 23.0. The van der Waals surface area contributed by atoms with E-state index in [-0.39, 0.29) is 18.6 Å². The molecule has 8 nitrogen and oxygen atoms in total. The van der Waals surface area contributed by atoms with Crippen molar-refractivity contribution in [3.63, 3.8) is 0 Å². The first-order chi connectivity index (χ1) is 18.1. The van der Waals surface area contributed by atoms with E-state index in [1.165, 1.54) is 9.85 Å². The largest absolute Gasteiger partial charge is 0.497 e. The molecule has 1 unspecified atom stereocenters. The van der Waals surface area contributed by atoms with Crippen LogP contribution in [-0.2, 0) is 4.79 Å². The fourth-order valence-corrected chi connectivity index (χ4v) is 4.68. The van der Waals surface area contributed by atoms with Crippen molar-refractivity contribution in [3.05, 3.63) is 101 Å². The van der Waals surface area contributed by atoms with Gasteiger partial charge in [0.25, 0.3) is 5.91 Å². The predicted molar refractivity (Wildman–Crippen MR) is 142 cm³/mol. The van der Waals surface area contributed by atoms with Crippen molar-refractivity contribution in [2.45, 2.75) is 12.5 Å². The number of aromatic nitrogens is 3. The molecule has 9 heteroatoms. The van der Waals surface area contributed by atoms with Crippen molar-refractivity contribution in [2.75, 3.05) is 13.7 Å². The molecule has 184 valence electrons. The molecule has 5 aromatic rings. The van der Waals surface area contributed by atoms with Gasteiger partial charge < -0.3 is 9.57 Å². The number of benzene rings is 4. The van der Waals surface area contributed by atoms with Gasteiger partial charge in [-0.1, -0.05) is 65.0 Å². The van der Waals surface area contributed by atoms with Crippen LogP contribution in [0.2, 0.25) is 5.02 Å². The number of methoxy groups -OCH3 is 1. The number of ether oxygens (including phenoxy) is 1. The molecule has 2 heterocycles. The quantitative estimate of drug-likeness (QED) is 0.318. The van der Waals surface area contributed by atoms with Crippen molar-refractivity contribution >= 4 is 45.0 Å². The third kappa shape index (κ3) is 4.47. The lowest BCUT2D eigenvalue weighted by Crippen LogP contribution is -2.34. The lowest BCUT2D eigenvalue weighted by molar-refractivity contribution is -0.138. The molecular formula is C28H22ClN5O3. The van der Waals surface area contributed by atoms with Crippen molar-refractivity contribution < 1.29 is 14.4 Å². The summed E-state index contributed by atoms with van der Waals surface area (Å²) in [5, 5.41) is 17.1. The van der Waals surface area contributed by atoms with Gasteiger partial charge in [0.2, 0.25) is 0 Å². The molecule has 1 aromatic heterocycles. The van der Waals surface area contributed by atoms with Gasteiger partial charge in [-0.25, -0.2) is 5.01 Å². The second kappa shape index (κ2) is 9.55. The minimum atomic E-state index is -0.303. The molecule has 0 spiro atoms. The molecule has 1 amide bonds. The standard InChI is InChI=1S/C28H22ClN5O3/c1-36-23-11-8-19(9-12-23)26-16-25(21-7-6-18-4-2-3-5-20(18)14-21)31-33(26)28(35)17-37-34-27-15-22(29)10-13-24(27)30-32-34/h2-15,26H,16-17H2,1H3. The lowest BCUT2D eigenvalue weighted by Gasteiger charge is -2.22. The first-order valence-corrected chi connectivity index (χ1v) is 12.1. The Morgan fingerprint density at radius 3 is 2.62 bits per heavy atom. The van der Waals surface area contributed by atoms with E-state index in [1.54, 1.807) is 25.3 Å². The van der Waals surface area contributed by atoms with E-state index in [2.05, 4.69) is 34.6 Å². The monoisotopic (exact) mass is 511 g/mol. The maximum atomic E-state index is 13.4. The summed E-state index contributed by atoms with van der Waals surface area (Å²) in [5.41, 5.74) is 3.95. The Kier molecular flexibility index (Phi) is 5.94. The fourth-order valence-electron chi connectivity index (χ4n) is 4.52.